The van der Waals surface area contributed by atoms with Crippen LogP contribution in [0.4, 0.5) is 0 Å². The molecule has 0 aromatic carbocycles. The van der Waals surface area contributed by atoms with Crippen LogP contribution in [0.2, 0.25) is 0 Å². The summed E-state index contributed by atoms with van der Waals surface area (Å²) < 4.78 is 5.25. The predicted molar refractivity (Wildman–Crippen MR) is 75.7 cm³/mol. The van der Waals surface area contributed by atoms with E-state index in [2.05, 4.69) is 9.88 Å². The van der Waals surface area contributed by atoms with E-state index in [0.29, 0.717) is 19.0 Å². The van der Waals surface area contributed by atoms with Crippen LogP contribution in [0.1, 0.15) is 31.7 Å². The summed E-state index contributed by atoms with van der Waals surface area (Å²) in [6.07, 6.45) is 4.06. The lowest BCUT2D eigenvalue weighted by molar-refractivity contribution is -0.148. The smallest absolute Gasteiger partial charge is 0.310 e. The first kappa shape index (κ1) is 14.8. The molecule has 20 heavy (non-hydrogen) atoms. The quantitative estimate of drug-likeness (QED) is 0.864. The van der Waals surface area contributed by atoms with Gasteiger partial charge in [0.15, 0.2) is 0 Å². The summed E-state index contributed by atoms with van der Waals surface area (Å²) in [5.74, 6) is -0.0455. The standard InChI is InChI=1S/C15H22N2O3/c1-3-6-15(14(18)19)7-9-17(11-15)10-12-5-4-8-16-13(12)20-2/h4-5,8H,3,6-7,9-11H2,1-2H3,(H,18,19). The number of likely N-dealkylation sites (tertiary alicyclic amines) is 1. The molecule has 1 atom stereocenters. The van der Waals surface area contributed by atoms with Gasteiger partial charge in [-0.25, -0.2) is 4.98 Å². The Morgan fingerprint density at radius 2 is 2.40 bits per heavy atom. The number of hydrogen-bond acceptors (Lipinski definition) is 4. The second kappa shape index (κ2) is 6.22. The van der Waals surface area contributed by atoms with Crippen molar-refractivity contribution in [3.8, 4) is 5.88 Å². The number of carboxylic acid groups (broad SMARTS) is 1. The Bertz CT molecular complexity index is 478. The van der Waals surface area contributed by atoms with Crippen molar-refractivity contribution in [3.63, 3.8) is 0 Å². The molecule has 2 rings (SSSR count). The minimum Gasteiger partial charge on any atom is -0.481 e. The lowest BCUT2D eigenvalue weighted by atomic mass is 9.83. The molecule has 2 heterocycles. The van der Waals surface area contributed by atoms with E-state index in [9.17, 15) is 9.90 Å². The Hall–Kier alpha value is -1.62. The minimum atomic E-state index is -0.667. The Morgan fingerprint density at radius 3 is 3.05 bits per heavy atom. The molecule has 1 N–H and O–H groups in total. The second-order valence-electron chi connectivity index (χ2n) is 5.47. The maximum absolute atomic E-state index is 11.6. The number of aliphatic carboxylic acids is 1. The van der Waals surface area contributed by atoms with Crippen LogP contribution in [0.15, 0.2) is 18.3 Å². The van der Waals surface area contributed by atoms with E-state index >= 15 is 0 Å². The maximum atomic E-state index is 11.6. The topological polar surface area (TPSA) is 62.7 Å². The summed E-state index contributed by atoms with van der Waals surface area (Å²) in [5, 5.41) is 9.52. The van der Waals surface area contributed by atoms with Gasteiger partial charge in [-0.3, -0.25) is 9.69 Å². The van der Waals surface area contributed by atoms with Crippen LogP contribution in [0, 0.1) is 5.41 Å². The highest BCUT2D eigenvalue weighted by molar-refractivity contribution is 5.75. The first-order valence-corrected chi connectivity index (χ1v) is 7.05. The lowest BCUT2D eigenvalue weighted by Gasteiger charge is -2.24. The van der Waals surface area contributed by atoms with Gasteiger partial charge in [-0.05, 0) is 25.5 Å². The van der Waals surface area contributed by atoms with Crippen LogP contribution in [-0.2, 0) is 11.3 Å². The molecule has 0 radical (unpaired) electrons. The van der Waals surface area contributed by atoms with Crippen LogP contribution in [0.5, 0.6) is 5.88 Å². The molecule has 5 heteroatoms. The van der Waals surface area contributed by atoms with Crippen molar-refractivity contribution in [1.82, 2.24) is 9.88 Å². The number of rotatable bonds is 6. The largest absolute Gasteiger partial charge is 0.481 e. The van der Waals surface area contributed by atoms with Gasteiger partial charge in [-0.1, -0.05) is 19.4 Å². The van der Waals surface area contributed by atoms with Gasteiger partial charge in [0.05, 0.1) is 12.5 Å². The first-order chi connectivity index (χ1) is 9.61. The second-order valence-corrected chi connectivity index (χ2v) is 5.47. The summed E-state index contributed by atoms with van der Waals surface area (Å²) in [6, 6.07) is 3.86. The van der Waals surface area contributed by atoms with Crippen molar-refractivity contribution < 1.29 is 14.6 Å². The van der Waals surface area contributed by atoms with Gasteiger partial charge in [-0.2, -0.15) is 0 Å². The number of pyridine rings is 1. The molecule has 0 saturated carbocycles. The fourth-order valence-electron chi connectivity index (χ4n) is 3.03. The molecule has 0 amide bonds. The monoisotopic (exact) mass is 278 g/mol. The van der Waals surface area contributed by atoms with Crippen molar-refractivity contribution in [2.45, 2.75) is 32.7 Å². The SMILES string of the molecule is CCCC1(C(=O)O)CCN(Cc2cccnc2OC)C1. The number of methoxy groups -OCH3 is 1. The van der Waals surface area contributed by atoms with Crippen molar-refractivity contribution >= 4 is 5.97 Å². The van der Waals surface area contributed by atoms with E-state index < -0.39 is 11.4 Å². The van der Waals surface area contributed by atoms with Crippen LogP contribution >= 0.6 is 0 Å². The van der Waals surface area contributed by atoms with Gasteiger partial charge in [0.2, 0.25) is 5.88 Å². The van der Waals surface area contributed by atoms with Gasteiger partial charge in [-0.15, -0.1) is 0 Å². The Kier molecular flexibility index (Phi) is 4.60. The first-order valence-electron chi connectivity index (χ1n) is 7.05. The highest BCUT2D eigenvalue weighted by Gasteiger charge is 2.43. The fraction of sp³-hybridized carbons (Fsp3) is 0.600. The van der Waals surface area contributed by atoms with E-state index in [1.54, 1.807) is 13.3 Å². The number of carboxylic acids is 1. The Balaban J connectivity index is 2.07. The van der Waals surface area contributed by atoms with Gasteiger partial charge >= 0.3 is 5.97 Å². The molecule has 0 aliphatic carbocycles. The third kappa shape index (κ3) is 2.93. The summed E-state index contributed by atoms with van der Waals surface area (Å²) in [6.45, 7) is 4.14. The zero-order valence-corrected chi connectivity index (χ0v) is 12.1. The lowest BCUT2D eigenvalue weighted by Crippen LogP contribution is -2.34. The summed E-state index contributed by atoms with van der Waals surface area (Å²) in [5.41, 5.74) is 0.428. The minimum absolute atomic E-state index is 0.579. The van der Waals surface area contributed by atoms with E-state index in [0.717, 1.165) is 31.4 Å². The summed E-state index contributed by atoms with van der Waals surface area (Å²) in [7, 11) is 1.61. The van der Waals surface area contributed by atoms with Crippen LogP contribution in [-0.4, -0.2) is 41.2 Å². The predicted octanol–water partition coefficient (Wildman–Crippen LogP) is 2.17. The molecule has 0 bridgehead atoms. The highest BCUT2D eigenvalue weighted by atomic mass is 16.5. The molecule has 1 aromatic rings. The maximum Gasteiger partial charge on any atom is 0.310 e. The molecule has 1 fully saturated rings. The van der Waals surface area contributed by atoms with Crippen molar-refractivity contribution in [3.05, 3.63) is 23.9 Å². The van der Waals surface area contributed by atoms with Crippen molar-refractivity contribution in [1.29, 1.82) is 0 Å². The molecule has 1 aliphatic rings. The molecular formula is C15H22N2O3. The Labute approximate surface area is 119 Å². The average molecular weight is 278 g/mol. The fourth-order valence-corrected chi connectivity index (χ4v) is 3.03. The third-order valence-electron chi connectivity index (χ3n) is 4.05. The molecule has 110 valence electrons. The number of carbonyl (C=O) groups is 1. The van der Waals surface area contributed by atoms with Crippen molar-refractivity contribution in [2.24, 2.45) is 5.41 Å². The Morgan fingerprint density at radius 1 is 1.60 bits per heavy atom. The van der Waals surface area contributed by atoms with Crippen LogP contribution in [0.3, 0.4) is 0 Å². The van der Waals surface area contributed by atoms with Crippen LogP contribution in [0.25, 0.3) is 0 Å². The van der Waals surface area contributed by atoms with E-state index in [1.807, 2.05) is 19.1 Å². The molecule has 1 aromatic heterocycles. The van der Waals surface area contributed by atoms with Crippen molar-refractivity contribution in [2.75, 3.05) is 20.2 Å². The molecule has 0 spiro atoms. The summed E-state index contributed by atoms with van der Waals surface area (Å²) >= 11 is 0. The van der Waals surface area contributed by atoms with E-state index in [1.165, 1.54) is 0 Å². The van der Waals surface area contributed by atoms with Gasteiger partial charge in [0, 0.05) is 24.8 Å². The summed E-state index contributed by atoms with van der Waals surface area (Å²) in [4.78, 5) is 17.9. The molecule has 1 aliphatic heterocycles. The molecule has 1 unspecified atom stereocenters. The zero-order chi connectivity index (χ0) is 14.6. The zero-order valence-electron chi connectivity index (χ0n) is 12.1. The van der Waals surface area contributed by atoms with Gasteiger partial charge in [0.25, 0.3) is 0 Å². The molecule has 1 saturated heterocycles. The number of aromatic nitrogens is 1. The van der Waals surface area contributed by atoms with E-state index in [-0.39, 0.29) is 0 Å². The average Bonchev–Trinajstić information content (AvgIpc) is 2.84. The molecule has 5 nitrogen and oxygen atoms in total. The number of ether oxygens (including phenoxy) is 1. The highest BCUT2D eigenvalue weighted by Crippen LogP contribution is 2.36. The van der Waals surface area contributed by atoms with Gasteiger partial charge in [0.1, 0.15) is 0 Å². The van der Waals surface area contributed by atoms with Crippen LogP contribution < -0.4 is 4.74 Å². The van der Waals surface area contributed by atoms with Gasteiger partial charge < -0.3 is 9.84 Å². The molecular weight excluding hydrogens is 256 g/mol. The van der Waals surface area contributed by atoms with E-state index in [4.69, 9.17) is 4.74 Å². The normalized spacial score (nSPS) is 22.9. The number of hydrogen-bond donors (Lipinski definition) is 1. The third-order valence-corrected chi connectivity index (χ3v) is 4.05. The number of nitrogens with zero attached hydrogens (tertiary/aromatic N) is 2.